The van der Waals surface area contributed by atoms with Crippen molar-refractivity contribution in [1.29, 1.82) is 5.26 Å². The highest BCUT2D eigenvalue weighted by Crippen LogP contribution is 2.32. The molecular formula is C14H21N3O2S. The summed E-state index contributed by atoms with van der Waals surface area (Å²) in [6.07, 6.45) is 3.42. The van der Waals surface area contributed by atoms with E-state index in [9.17, 15) is 15.2 Å². The molecule has 0 spiro atoms. The molecule has 0 bridgehead atoms. The molecule has 2 heterocycles. The van der Waals surface area contributed by atoms with Crippen LogP contribution < -0.4 is 0 Å². The molecule has 3 rings (SSSR count). The van der Waals surface area contributed by atoms with Gasteiger partial charge in [0, 0.05) is 25.7 Å². The minimum atomic E-state index is -1.19. The Kier molecular flexibility index (Phi) is 3.93. The van der Waals surface area contributed by atoms with Crippen molar-refractivity contribution in [1.82, 2.24) is 9.80 Å². The van der Waals surface area contributed by atoms with Gasteiger partial charge in [0.2, 0.25) is 0 Å². The zero-order chi connectivity index (χ0) is 14.2. The summed E-state index contributed by atoms with van der Waals surface area (Å²) in [7, 11) is 0. The Balaban J connectivity index is 1.65. The van der Waals surface area contributed by atoms with E-state index in [1.807, 2.05) is 0 Å². The third kappa shape index (κ3) is 2.67. The average molecular weight is 295 g/mol. The summed E-state index contributed by atoms with van der Waals surface area (Å²) in [4.78, 5) is 16.5. The number of nitrogens with zero attached hydrogens (tertiary/aromatic N) is 3. The topological polar surface area (TPSA) is 67.6 Å². The Bertz CT molecular complexity index is 427. The molecule has 1 N–H and O–H groups in total. The number of rotatable bonds is 2. The summed E-state index contributed by atoms with van der Waals surface area (Å²) in [5.41, 5.74) is -1.19. The van der Waals surface area contributed by atoms with Crippen LogP contribution in [0.25, 0.3) is 0 Å². The second kappa shape index (κ2) is 5.55. The maximum absolute atomic E-state index is 12.6. The number of nitriles is 1. The Hall–Kier alpha value is -0.770. The van der Waals surface area contributed by atoms with Gasteiger partial charge in [-0.15, -0.1) is 0 Å². The number of carbonyl (C=O) groups is 1. The molecule has 0 aromatic heterocycles. The summed E-state index contributed by atoms with van der Waals surface area (Å²) in [6.45, 7) is 1.85. The molecule has 20 heavy (non-hydrogen) atoms. The molecular weight excluding hydrogens is 274 g/mol. The standard InChI is InChI=1S/C14H21N3O2S/c15-9-12-10-16(5-6-17(12)11-1-2-11)13(18)14(19)3-7-20-8-4-14/h11-12,19H,1-8,10H2. The van der Waals surface area contributed by atoms with Gasteiger partial charge in [-0.25, -0.2) is 0 Å². The van der Waals surface area contributed by atoms with Crippen molar-refractivity contribution in [2.75, 3.05) is 31.1 Å². The first kappa shape index (κ1) is 14.2. The molecule has 5 nitrogen and oxygen atoms in total. The van der Waals surface area contributed by atoms with Gasteiger partial charge in [0.15, 0.2) is 0 Å². The molecule has 1 amide bonds. The van der Waals surface area contributed by atoms with Gasteiger partial charge in [-0.3, -0.25) is 9.69 Å². The molecule has 0 radical (unpaired) electrons. The third-order valence-corrected chi connectivity index (χ3v) is 5.58. The van der Waals surface area contributed by atoms with Crippen molar-refractivity contribution in [2.24, 2.45) is 0 Å². The lowest BCUT2D eigenvalue weighted by Crippen LogP contribution is -2.60. The molecule has 2 saturated heterocycles. The minimum Gasteiger partial charge on any atom is -0.380 e. The number of hydrogen-bond acceptors (Lipinski definition) is 5. The monoisotopic (exact) mass is 295 g/mol. The highest BCUT2D eigenvalue weighted by atomic mass is 32.2. The van der Waals surface area contributed by atoms with Crippen LogP contribution in [0.4, 0.5) is 0 Å². The molecule has 1 aliphatic carbocycles. The van der Waals surface area contributed by atoms with Crippen LogP contribution in [0.2, 0.25) is 0 Å². The quantitative estimate of drug-likeness (QED) is 0.801. The molecule has 3 aliphatic rings. The first-order valence-corrected chi connectivity index (χ1v) is 8.54. The lowest BCUT2D eigenvalue weighted by atomic mass is 9.94. The van der Waals surface area contributed by atoms with Crippen LogP contribution in [-0.2, 0) is 4.79 Å². The molecule has 0 aromatic carbocycles. The zero-order valence-corrected chi connectivity index (χ0v) is 12.4. The van der Waals surface area contributed by atoms with Crippen LogP contribution >= 0.6 is 11.8 Å². The van der Waals surface area contributed by atoms with Crippen molar-refractivity contribution in [3.05, 3.63) is 0 Å². The van der Waals surface area contributed by atoms with E-state index in [1.165, 1.54) is 12.8 Å². The fourth-order valence-corrected chi connectivity index (χ4v) is 4.33. The van der Waals surface area contributed by atoms with E-state index in [4.69, 9.17) is 0 Å². The first-order valence-electron chi connectivity index (χ1n) is 7.39. The predicted octanol–water partition coefficient (Wildman–Crippen LogP) is 0.443. The van der Waals surface area contributed by atoms with Gasteiger partial charge in [-0.2, -0.15) is 17.0 Å². The fraction of sp³-hybridized carbons (Fsp3) is 0.857. The summed E-state index contributed by atoms with van der Waals surface area (Å²) in [5, 5.41) is 19.9. The van der Waals surface area contributed by atoms with E-state index >= 15 is 0 Å². The minimum absolute atomic E-state index is 0.159. The Morgan fingerprint density at radius 1 is 1.30 bits per heavy atom. The van der Waals surface area contributed by atoms with Crippen LogP contribution in [0, 0.1) is 11.3 Å². The molecule has 1 atom stereocenters. The van der Waals surface area contributed by atoms with Crippen LogP contribution in [0.15, 0.2) is 0 Å². The number of aliphatic hydroxyl groups is 1. The van der Waals surface area contributed by atoms with Crippen molar-refractivity contribution in [3.63, 3.8) is 0 Å². The lowest BCUT2D eigenvalue weighted by Gasteiger charge is -2.42. The highest BCUT2D eigenvalue weighted by molar-refractivity contribution is 7.99. The maximum atomic E-state index is 12.6. The number of amides is 1. The molecule has 6 heteroatoms. The normalized spacial score (nSPS) is 30.8. The second-order valence-electron chi connectivity index (χ2n) is 6.01. The van der Waals surface area contributed by atoms with Gasteiger partial charge in [0.1, 0.15) is 11.6 Å². The van der Waals surface area contributed by atoms with Crippen molar-refractivity contribution >= 4 is 17.7 Å². The van der Waals surface area contributed by atoms with Gasteiger partial charge < -0.3 is 10.0 Å². The second-order valence-corrected chi connectivity index (χ2v) is 7.23. The van der Waals surface area contributed by atoms with E-state index in [0.717, 1.165) is 18.1 Å². The first-order chi connectivity index (χ1) is 9.64. The van der Waals surface area contributed by atoms with Crippen molar-refractivity contribution in [3.8, 4) is 6.07 Å². The molecule has 0 aromatic rings. The predicted molar refractivity (Wildman–Crippen MR) is 77.2 cm³/mol. The average Bonchev–Trinajstić information content (AvgIpc) is 3.31. The Morgan fingerprint density at radius 3 is 2.60 bits per heavy atom. The number of thioether (sulfide) groups is 1. The van der Waals surface area contributed by atoms with Gasteiger partial charge >= 0.3 is 0 Å². The van der Waals surface area contributed by atoms with E-state index in [2.05, 4.69) is 11.0 Å². The number of hydrogen-bond donors (Lipinski definition) is 1. The SMILES string of the molecule is N#CC1CN(C(=O)C2(O)CCSCC2)CCN1C1CC1. The number of carbonyl (C=O) groups excluding carboxylic acids is 1. The lowest BCUT2D eigenvalue weighted by molar-refractivity contribution is -0.154. The van der Waals surface area contributed by atoms with E-state index in [1.54, 1.807) is 16.7 Å². The summed E-state index contributed by atoms with van der Waals surface area (Å²) >= 11 is 1.79. The zero-order valence-electron chi connectivity index (χ0n) is 11.6. The van der Waals surface area contributed by atoms with Gasteiger partial charge in [-0.1, -0.05) is 0 Å². The summed E-state index contributed by atoms with van der Waals surface area (Å²) < 4.78 is 0. The largest absolute Gasteiger partial charge is 0.380 e. The van der Waals surface area contributed by atoms with E-state index in [0.29, 0.717) is 32.0 Å². The van der Waals surface area contributed by atoms with Crippen LogP contribution in [0.1, 0.15) is 25.7 Å². The molecule has 3 fully saturated rings. The third-order valence-electron chi connectivity index (χ3n) is 4.59. The van der Waals surface area contributed by atoms with Crippen molar-refractivity contribution < 1.29 is 9.90 Å². The molecule has 1 unspecified atom stereocenters. The molecule has 110 valence electrons. The molecule has 2 aliphatic heterocycles. The van der Waals surface area contributed by atoms with Crippen molar-refractivity contribution in [2.45, 2.75) is 43.4 Å². The summed E-state index contributed by atoms with van der Waals surface area (Å²) in [6, 6.07) is 2.66. The van der Waals surface area contributed by atoms with Gasteiger partial charge in [0.05, 0.1) is 6.07 Å². The smallest absolute Gasteiger partial charge is 0.254 e. The fourth-order valence-electron chi connectivity index (χ4n) is 3.16. The van der Waals surface area contributed by atoms with Crippen LogP contribution in [0.3, 0.4) is 0 Å². The number of piperazine rings is 1. The van der Waals surface area contributed by atoms with Crippen LogP contribution in [0.5, 0.6) is 0 Å². The van der Waals surface area contributed by atoms with Gasteiger partial charge in [0.25, 0.3) is 5.91 Å². The Labute approximate surface area is 123 Å². The highest BCUT2D eigenvalue weighted by Gasteiger charge is 2.44. The van der Waals surface area contributed by atoms with Gasteiger partial charge in [-0.05, 0) is 37.2 Å². The van der Waals surface area contributed by atoms with Crippen LogP contribution in [-0.4, -0.2) is 69.6 Å². The maximum Gasteiger partial charge on any atom is 0.254 e. The molecule has 1 saturated carbocycles. The Morgan fingerprint density at radius 2 is 2.00 bits per heavy atom. The van der Waals surface area contributed by atoms with E-state index < -0.39 is 5.60 Å². The van der Waals surface area contributed by atoms with E-state index in [-0.39, 0.29) is 11.9 Å². The summed E-state index contributed by atoms with van der Waals surface area (Å²) in [5.74, 6) is 1.52.